The van der Waals surface area contributed by atoms with E-state index < -0.39 is 0 Å². The summed E-state index contributed by atoms with van der Waals surface area (Å²) in [6.07, 6.45) is 7.91. The van der Waals surface area contributed by atoms with Gasteiger partial charge in [-0.05, 0) is 62.4 Å². The van der Waals surface area contributed by atoms with Crippen LogP contribution in [0.1, 0.15) is 50.5 Å². The monoisotopic (exact) mass is 414 g/mol. The summed E-state index contributed by atoms with van der Waals surface area (Å²) < 4.78 is 1.06. The summed E-state index contributed by atoms with van der Waals surface area (Å²) in [6, 6.07) is 8.34. The first-order valence-electron chi connectivity index (χ1n) is 8.96. The zero-order valence-corrected chi connectivity index (χ0v) is 16.6. The van der Waals surface area contributed by atoms with Crippen LogP contribution in [0.4, 0.5) is 0 Å². The minimum atomic E-state index is -0.329. The number of halogens is 2. The van der Waals surface area contributed by atoms with Crippen LogP contribution >= 0.6 is 28.3 Å². The largest absolute Gasteiger partial charge is 0.355 e. The third-order valence-electron chi connectivity index (χ3n) is 5.47. The molecule has 2 N–H and O–H groups in total. The summed E-state index contributed by atoms with van der Waals surface area (Å²) in [4.78, 5) is 13.1. The Morgan fingerprint density at radius 3 is 2.71 bits per heavy atom. The number of carbonyl (C=O) groups excluding carboxylic acids is 1. The molecule has 24 heavy (non-hydrogen) atoms. The van der Waals surface area contributed by atoms with Crippen LogP contribution in [0.5, 0.6) is 0 Å². The molecule has 1 aromatic rings. The van der Waals surface area contributed by atoms with E-state index in [9.17, 15) is 4.79 Å². The van der Waals surface area contributed by atoms with E-state index >= 15 is 0 Å². The van der Waals surface area contributed by atoms with E-state index in [2.05, 4.69) is 38.7 Å². The minimum Gasteiger partial charge on any atom is -0.355 e. The van der Waals surface area contributed by atoms with Gasteiger partial charge in [0.25, 0.3) is 0 Å². The van der Waals surface area contributed by atoms with Crippen molar-refractivity contribution in [1.29, 1.82) is 0 Å². The minimum absolute atomic E-state index is 0. The maximum absolute atomic E-state index is 13.1. The highest BCUT2D eigenvalue weighted by molar-refractivity contribution is 9.10. The van der Waals surface area contributed by atoms with Crippen molar-refractivity contribution in [3.63, 3.8) is 0 Å². The molecule has 0 spiro atoms. The van der Waals surface area contributed by atoms with Gasteiger partial charge in [0.05, 0.1) is 5.41 Å². The molecule has 1 unspecified atom stereocenters. The van der Waals surface area contributed by atoms with E-state index in [1.54, 1.807) is 0 Å². The lowest BCUT2D eigenvalue weighted by atomic mass is 9.68. The molecule has 0 aromatic heterocycles. The summed E-state index contributed by atoms with van der Waals surface area (Å²) in [5.41, 5.74) is 0.843. The lowest BCUT2D eigenvalue weighted by Crippen LogP contribution is -2.48. The number of nitrogens with one attached hydrogen (secondary N) is 2. The zero-order chi connectivity index (χ0) is 16.1. The number of carbonyl (C=O) groups is 1. The normalized spacial score (nSPS) is 23.1. The van der Waals surface area contributed by atoms with Gasteiger partial charge in [0.1, 0.15) is 0 Å². The van der Waals surface area contributed by atoms with Crippen molar-refractivity contribution >= 4 is 34.2 Å². The Labute approximate surface area is 159 Å². The Morgan fingerprint density at radius 2 is 2.04 bits per heavy atom. The zero-order valence-electron chi connectivity index (χ0n) is 14.2. The van der Waals surface area contributed by atoms with Crippen molar-refractivity contribution in [1.82, 2.24) is 10.6 Å². The summed E-state index contributed by atoms with van der Waals surface area (Å²) in [7, 11) is 0. The van der Waals surface area contributed by atoms with E-state index in [1.807, 2.05) is 12.1 Å². The van der Waals surface area contributed by atoms with E-state index in [-0.39, 0.29) is 23.7 Å². The van der Waals surface area contributed by atoms with Crippen molar-refractivity contribution in [2.24, 2.45) is 5.92 Å². The smallest absolute Gasteiger partial charge is 0.230 e. The first-order valence-corrected chi connectivity index (χ1v) is 9.75. The van der Waals surface area contributed by atoms with E-state index in [4.69, 9.17) is 0 Å². The van der Waals surface area contributed by atoms with Crippen LogP contribution < -0.4 is 10.6 Å². The molecule has 2 fully saturated rings. The number of rotatable bonds is 4. The molecule has 1 saturated heterocycles. The number of piperidine rings is 1. The molecule has 0 radical (unpaired) electrons. The molecule has 1 saturated carbocycles. The molecule has 1 aromatic carbocycles. The lowest BCUT2D eigenvalue weighted by molar-refractivity contribution is -0.128. The van der Waals surface area contributed by atoms with Gasteiger partial charge in [-0.1, -0.05) is 47.3 Å². The second-order valence-electron chi connectivity index (χ2n) is 7.08. The van der Waals surface area contributed by atoms with Crippen LogP contribution in [0.25, 0.3) is 0 Å². The van der Waals surface area contributed by atoms with Crippen LogP contribution in [-0.2, 0) is 10.2 Å². The highest BCUT2D eigenvalue weighted by Gasteiger charge is 2.41. The Hall–Kier alpha value is -0.580. The molecule has 134 valence electrons. The maximum Gasteiger partial charge on any atom is 0.230 e. The molecular formula is C19H28BrClN2O. The van der Waals surface area contributed by atoms with Gasteiger partial charge in [-0.2, -0.15) is 0 Å². The molecule has 5 heteroatoms. The predicted octanol–water partition coefficient (Wildman–Crippen LogP) is 4.19. The summed E-state index contributed by atoms with van der Waals surface area (Å²) in [5, 5.41) is 6.72. The third-order valence-corrected chi connectivity index (χ3v) is 5.96. The van der Waals surface area contributed by atoms with Crippen LogP contribution in [0, 0.1) is 5.92 Å². The molecule has 1 heterocycles. The molecule has 3 nitrogen and oxygen atoms in total. The molecule has 1 amide bonds. The number of hydrogen-bond acceptors (Lipinski definition) is 2. The molecule has 0 bridgehead atoms. The van der Waals surface area contributed by atoms with Gasteiger partial charge < -0.3 is 10.6 Å². The van der Waals surface area contributed by atoms with Crippen molar-refractivity contribution in [2.75, 3.05) is 19.6 Å². The molecule has 1 atom stereocenters. The Bertz CT molecular complexity index is 540. The fourth-order valence-corrected chi connectivity index (χ4v) is 4.49. The average Bonchev–Trinajstić information content (AvgIpc) is 2.61. The van der Waals surface area contributed by atoms with Gasteiger partial charge >= 0.3 is 0 Å². The number of hydrogen-bond donors (Lipinski definition) is 2. The van der Waals surface area contributed by atoms with E-state index in [1.165, 1.54) is 24.8 Å². The second kappa shape index (κ2) is 9.21. The topological polar surface area (TPSA) is 41.1 Å². The Balaban J connectivity index is 0.00000208. The highest BCUT2D eigenvalue weighted by Crippen LogP contribution is 2.40. The van der Waals surface area contributed by atoms with Crippen molar-refractivity contribution in [2.45, 2.75) is 50.4 Å². The first-order chi connectivity index (χ1) is 11.2. The predicted molar refractivity (Wildman–Crippen MR) is 105 cm³/mol. The van der Waals surface area contributed by atoms with Crippen LogP contribution in [0.15, 0.2) is 28.7 Å². The van der Waals surface area contributed by atoms with E-state index in [0.29, 0.717) is 5.92 Å². The van der Waals surface area contributed by atoms with Crippen LogP contribution in [-0.4, -0.2) is 25.5 Å². The van der Waals surface area contributed by atoms with Crippen LogP contribution in [0.2, 0.25) is 0 Å². The van der Waals surface area contributed by atoms with Gasteiger partial charge in [-0.25, -0.2) is 0 Å². The molecule has 2 aliphatic rings. The third kappa shape index (κ3) is 4.53. The molecule has 1 aliphatic heterocycles. The van der Waals surface area contributed by atoms with E-state index in [0.717, 1.165) is 49.8 Å². The van der Waals surface area contributed by atoms with Gasteiger partial charge in [-0.15, -0.1) is 12.4 Å². The fraction of sp³-hybridized carbons (Fsp3) is 0.632. The number of benzene rings is 1. The van der Waals surface area contributed by atoms with Crippen LogP contribution in [0.3, 0.4) is 0 Å². The van der Waals surface area contributed by atoms with Gasteiger partial charge in [0.15, 0.2) is 0 Å². The van der Waals surface area contributed by atoms with Gasteiger partial charge in [0, 0.05) is 11.0 Å². The van der Waals surface area contributed by atoms with Crippen molar-refractivity contribution in [3.05, 3.63) is 34.3 Å². The highest BCUT2D eigenvalue weighted by atomic mass is 79.9. The SMILES string of the molecule is Cl.O=C(NCC1CCCNC1)C1(c2cccc(Br)c2)CCCCC1. The average molecular weight is 416 g/mol. The summed E-state index contributed by atoms with van der Waals surface area (Å²) in [6.45, 7) is 2.96. The molecule has 3 rings (SSSR count). The fourth-order valence-electron chi connectivity index (χ4n) is 4.09. The molecule has 1 aliphatic carbocycles. The Kier molecular flexibility index (Phi) is 7.58. The Morgan fingerprint density at radius 1 is 1.25 bits per heavy atom. The lowest BCUT2D eigenvalue weighted by Gasteiger charge is -2.37. The first kappa shape index (κ1) is 19.7. The molecular weight excluding hydrogens is 388 g/mol. The van der Waals surface area contributed by atoms with Gasteiger partial charge in [-0.3, -0.25) is 4.79 Å². The van der Waals surface area contributed by atoms with Crippen molar-refractivity contribution in [3.8, 4) is 0 Å². The van der Waals surface area contributed by atoms with Crippen molar-refractivity contribution < 1.29 is 4.79 Å². The maximum atomic E-state index is 13.1. The quantitative estimate of drug-likeness (QED) is 0.774. The van der Waals surface area contributed by atoms with Gasteiger partial charge in [0.2, 0.25) is 5.91 Å². The summed E-state index contributed by atoms with van der Waals surface area (Å²) in [5.74, 6) is 0.816. The summed E-state index contributed by atoms with van der Waals surface area (Å²) >= 11 is 3.56. The second-order valence-corrected chi connectivity index (χ2v) is 7.99. The standard InChI is InChI=1S/C19H27BrN2O.ClH/c20-17-8-4-7-16(12-17)19(9-2-1-3-10-19)18(23)22-14-15-6-5-11-21-13-15;/h4,7-8,12,15,21H,1-3,5-6,9-11,13-14H2,(H,22,23);1H. The number of amides is 1.